The molecule has 1 rings (SSSR count). The molecule has 15 heavy (non-hydrogen) atoms. The highest BCUT2D eigenvalue weighted by Crippen LogP contribution is 2.27. The molecular formula is C11H14ClNOS. The Bertz CT molecular complexity index is 366. The fourth-order valence-electron chi connectivity index (χ4n) is 1.16. The van der Waals surface area contributed by atoms with Gasteiger partial charge >= 0.3 is 0 Å². The maximum absolute atomic E-state index is 11.6. The number of hydrogen-bond acceptors (Lipinski definition) is 2. The number of nitrogens with zero attached hydrogens (tertiary/aromatic N) is 1. The zero-order chi connectivity index (χ0) is 11.4. The third kappa shape index (κ3) is 3.14. The van der Waals surface area contributed by atoms with E-state index in [9.17, 15) is 4.79 Å². The topological polar surface area (TPSA) is 20.3 Å². The van der Waals surface area contributed by atoms with Gasteiger partial charge in [-0.3, -0.25) is 4.79 Å². The second-order valence-corrected chi connectivity index (χ2v) is 4.99. The third-order valence-electron chi connectivity index (χ3n) is 1.88. The summed E-state index contributed by atoms with van der Waals surface area (Å²) in [5.41, 5.74) is 0.630. The van der Waals surface area contributed by atoms with E-state index in [1.54, 1.807) is 31.9 Å². The number of amides is 1. The van der Waals surface area contributed by atoms with E-state index in [0.29, 0.717) is 10.6 Å². The average Bonchev–Trinajstić information content (AvgIpc) is 2.20. The monoisotopic (exact) mass is 243 g/mol. The van der Waals surface area contributed by atoms with Crippen molar-refractivity contribution >= 4 is 29.3 Å². The smallest absolute Gasteiger partial charge is 0.253 e. The Hall–Kier alpha value is -0.670. The van der Waals surface area contributed by atoms with Gasteiger partial charge in [0, 0.05) is 24.6 Å². The van der Waals surface area contributed by atoms with E-state index in [2.05, 4.69) is 6.92 Å². The van der Waals surface area contributed by atoms with Crippen molar-refractivity contribution < 1.29 is 4.79 Å². The van der Waals surface area contributed by atoms with Crippen molar-refractivity contribution in [1.82, 2.24) is 4.90 Å². The number of thioether (sulfide) groups is 1. The van der Waals surface area contributed by atoms with Crippen LogP contribution in [0.25, 0.3) is 0 Å². The fourth-order valence-corrected chi connectivity index (χ4v) is 2.18. The molecule has 0 aromatic heterocycles. The molecule has 0 unspecified atom stereocenters. The third-order valence-corrected chi connectivity index (χ3v) is 3.27. The molecule has 0 radical (unpaired) electrons. The summed E-state index contributed by atoms with van der Waals surface area (Å²) >= 11 is 7.74. The maximum atomic E-state index is 11.6. The van der Waals surface area contributed by atoms with Crippen LogP contribution in [0.3, 0.4) is 0 Å². The molecule has 0 aliphatic heterocycles. The normalized spacial score (nSPS) is 10.1. The molecule has 0 saturated heterocycles. The summed E-state index contributed by atoms with van der Waals surface area (Å²) in [5, 5.41) is 0.648. The van der Waals surface area contributed by atoms with Gasteiger partial charge in [-0.05, 0) is 24.0 Å². The average molecular weight is 244 g/mol. The van der Waals surface area contributed by atoms with Gasteiger partial charge in [0.15, 0.2) is 0 Å². The van der Waals surface area contributed by atoms with Crippen LogP contribution in [-0.2, 0) is 0 Å². The van der Waals surface area contributed by atoms with Gasteiger partial charge in [-0.25, -0.2) is 0 Å². The molecule has 0 N–H and O–H groups in total. The number of carbonyl (C=O) groups is 1. The van der Waals surface area contributed by atoms with E-state index < -0.39 is 0 Å². The molecule has 82 valence electrons. The first-order valence-corrected chi connectivity index (χ1v) is 6.06. The zero-order valence-corrected chi connectivity index (χ0v) is 10.7. The van der Waals surface area contributed by atoms with Gasteiger partial charge in [-0.15, -0.1) is 11.8 Å². The lowest BCUT2D eigenvalue weighted by Crippen LogP contribution is -2.21. The van der Waals surface area contributed by atoms with Crippen LogP contribution in [0.4, 0.5) is 0 Å². The Morgan fingerprint density at radius 1 is 1.47 bits per heavy atom. The van der Waals surface area contributed by atoms with Crippen LogP contribution in [0.5, 0.6) is 0 Å². The summed E-state index contributed by atoms with van der Waals surface area (Å²) in [4.78, 5) is 14.2. The summed E-state index contributed by atoms with van der Waals surface area (Å²) in [5.74, 6) is 0.950. The van der Waals surface area contributed by atoms with Gasteiger partial charge in [-0.1, -0.05) is 18.5 Å². The van der Waals surface area contributed by atoms with Crippen molar-refractivity contribution in [3.8, 4) is 0 Å². The minimum absolute atomic E-state index is 0.0232. The van der Waals surface area contributed by atoms with Crippen LogP contribution in [-0.4, -0.2) is 30.7 Å². The number of rotatable bonds is 3. The Balaban J connectivity index is 2.96. The highest BCUT2D eigenvalue weighted by molar-refractivity contribution is 7.99. The lowest BCUT2D eigenvalue weighted by Gasteiger charge is -2.11. The molecule has 0 aliphatic carbocycles. The van der Waals surface area contributed by atoms with Crippen LogP contribution in [0.1, 0.15) is 17.3 Å². The Kier molecular flexibility index (Phi) is 4.48. The van der Waals surface area contributed by atoms with Crippen LogP contribution in [0.15, 0.2) is 23.1 Å². The Labute approximate surface area is 99.6 Å². The maximum Gasteiger partial charge on any atom is 0.253 e. The number of benzene rings is 1. The van der Waals surface area contributed by atoms with E-state index in [4.69, 9.17) is 11.6 Å². The van der Waals surface area contributed by atoms with Gasteiger partial charge in [0.05, 0.1) is 5.02 Å². The summed E-state index contributed by atoms with van der Waals surface area (Å²) in [6.07, 6.45) is 0. The molecule has 0 aliphatic rings. The van der Waals surface area contributed by atoms with Crippen LogP contribution in [0.2, 0.25) is 5.02 Å². The van der Waals surface area contributed by atoms with Gasteiger partial charge in [0.1, 0.15) is 0 Å². The molecule has 1 amide bonds. The van der Waals surface area contributed by atoms with E-state index in [0.717, 1.165) is 10.6 Å². The first-order valence-electron chi connectivity index (χ1n) is 4.70. The molecule has 2 nitrogen and oxygen atoms in total. The van der Waals surface area contributed by atoms with Gasteiger partial charge in [-0.2, -0.15) is 0 Å². The van der Waals surface area contributed by atoms with Crippen LogP contribution >= 0.6 is 23.4 Å². The molecule has 0 saturated carbocycles. The molecule has 0 heterocycles. The quantitative estimate of drug-likeness (QED) is 0.761. The van der Waals surface area contributed by atoms with Crippen molar-refractivity contribution in [2.45, 2.75) is 11.8 Å². The van der Waals surface area contributed by atoms with E-state index in [1.165, 1.54) is 4.90 Å². The van der Waals surface area contributed by atoms with Gasteiger partial charge in [0.25, 0.3) is 5.91 Å². The van der Waals surface area contributed by atoms with E-state index in [-0.39, 0.29) is 5.91 Å². The molecule has 0 bridgehead atoms. The lowest BCUT2D eigenvalue weighted by atomic mass is 10.2. The number of hydrogen-bond donors (Lipinski definition) is 0. The largest absolute Gasteiger partial charge is 0.345 e. The minimum Gasteiger partial charge on any atom is -0.345 e. The Morgan fingerprint density at radius 3 is 2.60 bits per heavy atom. The second-order valence-electron chi connectivity index (χ2n) is 3.28. The summed E-state index contributed by atoms with van der Waals surface area (Å²) < 4.78 is 0. The van der Waals surface area contributed by atoms with Crippen LogP contribution in [0, 0.1) is 0 Å². The fraction of sp³-hybridized carbons (Fsp3) is 0.364. The standard InChI is InChI=1S/C11H14ClNOS/c1-4-15-10-6-5-8(7-9(10)12)11(14)13(2)3/h5-7H,4H2,1-3H3. The van der Waals surface area contributed by atoms with Gasteiger partial charge in [0.2, 0.25) is 0 Å². The highest BCUT2D eigenvalue weighted by Gasteiger charge is 2.10. The first-order chi connectivity index (χ1) is 7.06. The van der Waals surface area contributed by atoms with Crippen molar-refractivity contribution in [3.05, 3.63) is 28.8 Å². The van der Waals surface area contributed by atoms with Crippen LogP contribution < -0.4 is 0 Å². The summed E-state index contributed by atoms with van der Waals surface area (Å²) in [6, 6.07) is 5.43. The molecule has 0 fully saturated rings. The highest BCUT2D eigenvalue weighted by atomic mass is 35.5. The second kappa shape index (κ2) is 5.42. The van der Waals surface area contributed by atoms with Crippen molar-refractivity contribution in [2.75, 3.05) is 19.8 Å². The molecule has 0 spiro atoms. The Morgan fingerprint density at radius 2 is 2.13 bits per heavy atom. The zero-order valence-electron chi connectivity index (χ0n) is 9.08. The SMILES string of the molecule is CCSc1ccc(C(=O)N(C)C)cc1Cl. The first kappa shape index (κ1) is 12.4. The predicted molar refractivity (Wildman–Crippen MR) is 65.9 cm³/mol. The minimum atomic E-state index is -0.0232. The number of carbonyl (C=O) groups excluding carboxylic acids is 1. The lowest BCUT2D eigenvalue weighted by molar-refractivity contribution is 0.0827. The molecule has 1 aromatic rings. The number of halogens is 1. The predicted octanol–water partition coefficient (Wildman–Crippen LogP) is 3.15. The van der Waals surface area contributed by atoms with E-state index in [1.807, 2.05) is 12.1 Å². The van der Waals surface area contributed by atoms with Crippen molar-refractivity contribution in [1.29, 1.82) is 0 Å². The molecular weight excluding hydrogens is 230 g/mol. The molecule has 4 heteroatoms. The van der Waals surface area contributed by atoms with Gasteiger partial charge < -0.3 is 4.90 Å². The molecule has 1 aromatic carbocycles. The summed E-state index contributed by atoms with van der Waals surface area (Å²) in [6.45, 7) is 2.07. The molecule has 0 atom stereocenters. The van der Waals surface area contributed by atoms with Crippen molar-refractivity contribution in [2.24, 2.45) is 0 Å². The van der Waals surface area contributed by atoms with E-state index >= 15 is 0 Å². The summed E-state index contributed by atoms with van der Waals surface area (Å²) in [7, 11) is 3.45. The van der Waals surface area contributed by atoms with Crippen molar-refractivity contribution in [3.63, 3.8) is 0 Å².